The summed E-state index contributed by atoms with van der Waals surface area (Å²) in [6.07, 6.45) is 3.94. The van der Waals surface area contributed by atoms with Crippen LogP contribution in [0.25, 0.3) is 0 Å². The quantitative estimate of drug-likeness (QED) is 0.729. The van der Waals surface area contributed by atoms with E-state index in [0.717, 1.165) is 37.0 Å². The van der Waals surface area contributed by atoms with Crippen LogP contribution in [0.15, 0.2) is 24.3 Å². The van der Waals surface area contributed by atoms with Gasteiger partial charge < -0.3 is 15.6 Å². The SMILES string of the molecule is CCCC(CCC)C(O)C(CN)c1ccc(OC)cc1. The zero-order chi connectivity index (χ0) is 15.0. The second-order valence-electron chi connectivity index (χ2n) is 5.44. The third kappa shape index (κ3) is 4.50. The molecule has 20 heavy (non-hydrogen) atoms. The fourth-order valence-corrected chi connectivity index (χ4v) is 2.88. The first-order valence-electron chi connectivity index (χ1n) is 7.69. The molecule has 0 aliphatic heterocycles. The van der Waals surface area contributed by atoms with Gasteiger partial charge in [0, 0.05) is 12.5 Å². The van der Waals surface area contributed by atoms with E-state index < -0.39 is 0 Å². The van der Waals surface area contributed by atoms with Crippen LogP contribution in [0.4, 0.5) is 0 Å². The molecule has 2 unspecified atom stereocenters. The molecule has 0 bridgehead atoms. The van der Waals surface area contributed by atoms with Crippen molar-refractivity contribution in [1.82, 2.24) is 0 Å². The summed E-state index contributed by atoms with van der Waals surface area (Å²) < 4.78 is 5.17. The van der Waals surface area contributed by atoms with E-state index in [1.807, 2.05) is 24.3 Å². The highest BCUT2D eigenvalue weighted by atomic mass is 16.5. The maximum atomic E-state index is 10.7. The molecule has 0 aliphatic rings. The molecular formula is C17H29NO2. The van der Waals surface area contributed by atoms with Gasteiger partial charge in [0.15, 0.2) is 0 Å². The van der Waals surface area contributed by atoms with Crippen molar-refractivity contribution < 1.29 is 9.84 Å². The molecule has 0 amide bonds. The Hall–Kier alpha value is -1.06. The smallest absolute Gasteiger partial charge is 0.118 e. The van der Waals surface area contributed by atoms with Crippen LogP contribution in [0.3, 0.4) is 0 Å². The maximum Gasteiger partial charge on any atom is 0.118 e. The Kier molecular flexibility index (Phi) is 7.63. The first-order valence-corrected chi connectivity index (χ1v) is 7.69. The normalized spacial score (nSPS) is 14.3. The molecule has 0 fully saturated rings. The summed E-state index contributed by atoms with van der Waals surface area (Å²) in [6.45, 7) is 4.80. The van der Waals surface area contributed by atoms with Crippen LogP contribution in [0, 0.1) is 5.92 Å². The van der Waals surface area contributed by atoms with Crippen LogP contribution >= 0.6 is 0 Å². The number of methoxy groups -OCH3 is 1. The van der Waals surface area contributed by atoms with Gasteiger partial charge in [-0.3, -0.25) is 0 Å². The molecule has 0 saturated carbocycles. The van der Waals surface area contributed by atoms with Crippen molar-refractivity contribution in [2.24, 2.45) is 11.7 Å². The Morgan fingerprint density at radius 1 is 1.10 bits per heavy atom. The minimum absolute atomic E-state index is 0.00371. The van der Waals surface area contributed by atoms with Gasteiger partial charge in [0.1, 0.15) is 5.75 Å². The van der Waals surface area contributed by atoms with Crippen LogP contribution in [0.5, 0.6) is 5.75 Å². The van der Waals surface area contributed by atoms with Crippen molar-refractivity contribution in [3.05, 3.63) is 29.8 Å². The summed E-state index contributed by atoms with van der Waals surface area (Å²) in [4.78, 5) is 0. The number of benzene rings is 1. The van der Waals surface area contributed by atoms with Crippen LogP contribution in [-0.2, 0) is 0 Å². The fourth-order valence-electron chi connectivity index (χ4n) is 2.88. The van der Waals surface area contributed by atoms with Crippen LogP contribution < -0.4 is 10.5 Å². The Bertz CT molecular complexity index is 358. The first-order chi connectivity index (χ1) is 9.67. The Morgan fingerprint density at radius 2 is 1.65 bits per heavy atom. The number of hydrogen-bond donors (Lipinski definition) is 2. The molecule has 1 rings (SSSR count). The molecule has 1 aromatic carbocycles. The second-order valence-corrected chi connectivity index (χ2v) is 5.44. The number of rotatable bonds is 9. The van der Waals surface area contributed by atoms with Gasteiger partial charge in [-0.15, -0.1) is 0 Å². The number of aliphatic hydroxyl groups is 1. The van der Waals surface area contributed by atoms with Crippen molar-refractivity contribution in [3.8, 4) is 5.75 Å². The van der Waals surface area contributed by atoms with Crippen molar-refractivity contribution >= 4 is 0 Å². The monoisotopic (exact) mass is 279 g/mol. The minimum atomic E-state index is -0.367. The topological polar surface area (TPSA) is 55.5 Å². The van der Waals surface area contributed by atoms with Crippen molar-refractivity contribution in [3.63, 3.8) is 0 Å². The van der Waals surface area contributed by atoms with Crippen molar-refractivity contribution in [2.75, 3.05) is 13.7 Å². The second kappa shape index (κ2) is 8.98. The third-order valence-electron chi connectivity index (χ3n) is 4.01. The van der Waals surface area contributed by atoms with Gasteiger partial charge in [0.2, 0.25) is 0 Å². The highest BCUT2D eigenvalue weighted by Crippen LogP contribution is 2.30. The van der Waals surface area contributed by atoms with E-state index in [2.05, 4.69) is 13.8 Å². The lowest BCUT2D eigenvalue weighted by atomic mass is 9.81. The lowest BCUT2D eigenvalue weighted by Gasteiger charge is -2.29. The summed E-state index contributed by atoms with van der Waals surface area (Å²) in [5.41, 5.74) is 7.01. The van der Waals surface area contributed by atoms with Gasteiger partial charge in [-0.1, -0.05) is 38.8 Å². The molecule has 3 N–H and O–H groups in total. The predicted octanol–water partition coefficient (Wildman–Crippen LogP) is 3.31. The van der Waals surface area contributed by atoms with E-state index >= 15 is 0 Å². The molecule has 0 saturated heterocycles. The molecule has 0 spiro atoms. The van der Waals surface area contributed by atoms with Crippen LogP contribution in [0.1, 0.15) is 51.0 Å². The Morgan fingerprint density at radius 3 is 2.05 bits per heavy atom. The highest BCUT2D eigenvalue weighted by Gasteiger charge is 2.27. The summed E-state index contributed by atoms with van der Waals surface area (Å²) in [6, 6.07) is 7.88. The van der Waals surface area contributed by atoms with E-state index in [1.54, 1.807) is 7.11 Å². The molecule has 1 aromatic rings. The van der Waals surface area contributed by atoms with Gasteiger partial charge in [0.05, 0.1) is 13.2 Å². The molecule has 0 radical (unpaired) electrons. The zero-order valence-corrected chi connectivity index (χ0v) is 13.0. The lowest BCUT2D eigenvalue weighted by molar-refractivity contribution is 0.0722. The summed E-state index contributed by atoms with van der Waals surface area (Å²) in [5.74, 6) is 1.17. The third-order valence-corrected chi connectivity index (χ3v) is 4.01. The molecule has 0 aromatic heterocycles. The summed E-state index contributed by atoms with van der Waals surface area (Å²) in [7, 11) is 1.66. The van der Waals surface area contributed by atoms with Gasteiger partial charge in [-0.25, -0.2) is 0 Å². The summed E-state index contributed by atoms with van der Waals surface area (Å²) in [5, 5.41) is 10.7. The van der Waals surface area contributed by atoms with Crippen LogP contribution in [-0.4, -0.2) is 24.9 Å². The van der Waals surface area contributed by atoms with Crippen molar-refractivity contribution in [1.29, 1.82) is 0 Å². The van der Waals surface area contributed by atoms with Gasteiger partial charge >= 0.3 is 0 Å². The van der Waals surface area contributed by atoms with Gasteiger partial charge in [-0.2, -0.15) is 0 Å². The molecular weight excluding hydrogens is 250 g/mol. The Balaban J connectivity index is 2.85. The van der Waals surface area contributed by atoms with E-state index in [4.69, 9.17) is 10.5 Å². The lowest BCUT2D eigenvalue weighted by Crippen LogP contribution is -2.32. The molecule has 3 heteroatoms. The highest BCUT2D eigenvalue weighted by molar-refractivity contribution is 5.30. The largest absolute Gasteiger partial charge is 0.497 e. The average molecular weight is 279 g/mol. The molecule has 3 nitrogen and oxygen atoms in total. The molecule has 114 valence electrons. The molecule has 0 aliphatic carbocycles. The first kappa shape index (κ1) is 17.0. The van der Waals surface area contributed by atoms with E-state index in [1.165, 1.54) is 0 Å². The van der Waals surface area contributed by atoms with Gasteiger partial charge in [0.25, 0.3) is 0 Å². The van der Waals surface area contributed by atoms with E-state index in [0.29, 0.717) is 12.5 Å². The number of nitrogens with two attached hydrogens (primary N) is 1. The van der Waals surface area contributed by atoms with E-state index in [-0.39, 0.29) is 12.0 Å². The Labute approximate surface area is 123 Å². The van der Waals surface area contributed by atoms with E-state index in [9.17, 15) is 5.11 Å². The zero-order valence-electron chi connectivity index (χ0n) is 13.0. The summed E-state index contributed by atoms with van der Waals surface area (Å²) >= 11 is 0. The predicted molar refractivity (Wildman–Crippen MR) is 84.1 cm³/mol. The number of hydrogen-bond acceptors (Lipinski definition) is 3. The van der Waals surface area contributed by atoms with Crippen molar-refractivity contribution in [2.45, 2.75) is 51.6 Å². The number of ether oxygens (including phenoxy) is 1. The fraction of sp³-hybridized carbons (Fsp3) is 0.647. The molecule has 2 atom stereocenters. The minimum Gasteiger partial charge on any atom is -0.497 e. The average Bonchev–Trinajstić information content (AvgIpc) is 2.48. The maximum absolute atomic E-state index is 10.7. The molecule has 0 heterocycles. The van der Waals surface area contributed by atoms with Crippen LogP contribution in [0.2, 0.25) is 0 Å². The number of aliphatic hydroxyl groups excluding tert-OH is 1. The standard InChI is InChI=1S/C17H29NO2/c1-4-6-14(7-5-2)17(19)16(12-18)13-8-10-15(20-3)11-9-13/h8-11,14,16-17,19H,4-7,12,18H2,1-3H3. The van der Waals surface area contributed by atoms with Gasteiger partial charge in [-0.05, 0) is 36.5 Å².